The number of tetrazole rings is 1. The largest absolute Gasteiger partial charge is 0.422 e. The Bertz CT molecular complexity index is 1060. The molecule has 0 aliphatic carbocycles. The number of aromatic nitrogens is 4. The zero-order valence-corrected chi connectivity index (χ0v) is 14.9. The Morgan fingerprint density at radius 2 is 1.57 bits per heavy atom. The van der Waals surface area contributed by atoms with Gasteiger partial charge >= 0.3 is 6.01 Å². The normalized spacial score (nSPS) is 10.4. The number of carbonyl (C=O) groups excluding carboxylic acids is 1. The van der Waals surface area contributed by atoms with E-state index in [9.17, 15) is 4.79 Å². The monoisotopic (exact) mass is 371 g/mol. The summed E-state index contributed by atoms with van der Waals surface area (Å²) in [7, 11) is 0. The second-order valence-corrected chi connectivity index (χ2v) is 5.98. The Morgan fingerprint density at radius 1 is 0.893 bits per heavy atom. The van der Waals surface area contributed by atoms with Gasteiger partial charge in [-0.2, -0.15) is 4.68 Å². The molecule has 138 valence electrons. The van der Waals surface area contributed by atoms with Gasteiger partial charge in [0, 0.05) is 6.54 Å². The maximum atomic E-state index is 12.7. The molecule has 3 aromatic carbocycles. The van der Waals surface area contributed by atoms with E-state index in [-0.39, 0.29) is 11.9 Å². The van der Waals surface area contributed by atoms with Crippen LogP contribution in [0.15, 0.2) is 84.9 Å². The van der Waals surface area contributed by atoms with E-state index in [1.165, 1.54) is 4.68 Å². The lowest BCUT2D eigenvalue weighted by atomic mass is 10.1. The summed E-state index contributed by atoms with van der Waals surface area (Å²) < 4.78 is 7.35. The van der Waals surface area contributed by atoms with Gasteiger partial charge in [-0.15, -0.1) is 0 Å². The summed E-state index contributed by atoms with van der Waals surface area (Å²) in [6.45, 7) is 0.426. The van der Waals surface area contributed by atoms with Crippen molar-refractivity contribution >= 4 is 5.91 Å². The molecule has 0 saturated heterocycles. The molecule has 1 aromatic heterocycles. The van der Waals surface area contributed by atoms with Crippen molar-refractivity contribution in [1.82, 2.24) is 25.5 Å². The quantitative estimate of drug-likeness (QED) is 0.562. The van der Waals surface area contributed by atoms with Gasteiger partial charge in [-0.1, -0.05) is 65.8 Å². The number of rotatable bonds is 6. The van der Waals surface area contributed by atoms with Gasteiger partial charge in [0.2, 0.25) is 0 Å². The fourth-order valence-electron chi connectivity index (χ4n) is 2.69. The van der Waals surface area contributed by atoms with E-state index in [0.717, 1.165) is 11.3 Å². The van der Waals surface area contributed by atoms with Crippen molar-refractivity contribution in [2.45, 2.75) is 6.54 Å². The minimum atomic E-state index is -0.238. The first-order valence-corrected chi connectivity index (χ1v) is 8.74. The van der Waals surface area contributed by atoms with Gasteiger partial charge in [-0.05, 0) is 40.3 Å². The maximum absolute atomic E-state index is 12.7. The first kappa shape index (κ1) is 17.4. The van der Waals surface area contributed by atoms with Crippen LogP contribution in [-0.2, 0) is 6.54 Å². The lowest BCUT2D eigenvalue weighted by molar-refractivity contribution is 0.0948. The van der Waals surface area contributed by atoms with Gasteiger partial charge < -0.3 is 10.1 Å². The SMILES string of the molecule is O=C(NCc1ccccc1)c1ccccc1Oc1nnnn1-c1ccccc1. The van der Waals surface area contributed by atoms with Crippen molar-refractivity contribution in [3.05, 3.63) is 96.1 Å². The number of hydrogen-bond donors (Lipinski definition) is 1. The summed E-state index contributed by atoms with van der Waals surface area (Å²) in [6, 6.07) is 26.3. The molecule has 1 heterocycles. The minimum absolute atomic E-state index is 0.175. The van der Waals surface area contributed by atoms with Crippen LogP contribution in [0.2, 0.25) is 0 Å². The average Bonchev–Trinajstić information content (AvgIpc) is 3.22. The van der Waals surface area contributed by atoms with Crippen LogP contribution >= 0.6 is 0 Å². The molecular weight excluding hydrogens is 354 g/mol. The van der Waals surface area contributed by atoms with Crippen LogP contribution in [0.3, 0.4) is 0 Å². The molecular formula is C21H17N5O2. The Balaban J connectivity index is 1.54. The summed E-state index contributed by atoms with van der Waals surface area (Å²) in [5, 5.41) is 14.5. The molecule has 0 radical (unpaired) electrons. The topological polar surface area (TPSA) is 81.9 Å². The predicted octanol–water partition coefficient (Wildman–Crippen LogP) is 3.38. The van der Waals surface area contributed by atoms with Crippen molar-refractivity contribution in [2.75, 3.05) is 0 Å². The zero-order valence-electron chi connectivity index (χ0n) is 14.9. The van der Waals surface area contributed by atoms with Gasteiger partial charge in [0.1, 0.15) is 5.75 Å². The number of hydrogen-bond acceptors (Lipinski definition) is 5. The Hall–Kier alpha value is -4.00. The lowest BCUT2D eigenvalue weighted by Crippen LogP contribution is -2.23. The minimum Gasteiger partial charge on any atom is -0.422 e. The van der Waals surface area contributed by atoms with Gasteiger partial charge in [-0.3, -0.25) is 4.79 Å². The van der Waals surface area contributed by atoms with Crippen LogP contribution in [-0.4, -0.2) is 26.1 Å². The van der Waals surface area contributed by atoms with Crippen molar-refractivity contribution in [3.63, 3.8) is 0 Å². The average molecular weight is 371 g/mol. The highest BCUT2D eigenvalue weighted by Crippen LogP contribution is 2.25. The molecule has 28 heavy (non-hydrogen) atoms. The second-order valence-electron chi connectivity index (χ2n) is 5.98. The number of carbonyl (C=O) groups is 1. The van der Waals surface area contributed by atoms with Crippen LogP contribution in [0.5, 0.6) is 11.8 Å². The third kappa shape index (κ3) is 3.88. The molecule has 7 heteroatoms. The lowest BCUT2D eigenvalue weighted by Gasteiger charge is -2.11. The molecule has 0 aliphatic rings. The number of nitrogens with one attached hydrogen (secondary N) is 1. The van der Waals surface area contributed by atoms with Crippen LogP contribution in [0.4, 0.5) is 0 Å². The number of benzene rings is 3. The number of para-hydroxylation sites is 2. The molecule has 7 nitrogen and oxygen atoms in total. The first-order valence-electron chi connectivity index (χ1n) is 8.74. The van der Waals surface area contributed by atoms with E-state index < -0.39 is 0 Å². The highest BCUT2D eigenvalue weighted by Gasteiger charge is 2.16. The van der Waals surface area contributed by atoms with E-state index in [1.54, 1.807) is 24.3 Å². The highest BCUT2D eigenvalue weighted by molar-refractivity contribution is 5.96. The molecule has 1 amide bonds. The fraction of sp³-hybridized carbons (Fsp3) is 0.0476. The van der Waals surface area contributed by atoms with Crippen molar-refractivity contribution in [2.24, 2.45) is 0 Å². The molecule has 0 spiro atoms. The van der Waals surface area contributed by atoms with Gasteiger partial charge in [0.25, 0.3) is 5.91 Å². The van der Waals surface area contributed by atoms with Crippen LogP contribution in [0.25, 0.3) is 5.69 Å². The molecule has 0 fully saturated rings. The summed E-state index contributed by atoms with van der Waals surface area (Å²) in [6.07, 6.45) is 0. The van der Waals surface area contributed by atoms with Gasteiger partial charge in [-0.25, -0.2) is 0 Å². The van der Waals surface area contributed by atoms with Crippen LogP contribution < -0.4 is 10.1 Å². The Morgan fingerprint density at radius 3 is 2.36 bits per heavy atom. The van der Waals surface area contributed by atoms with Crippen molar-refractivity contribution in [3.8, 4) is 17.4 Å². The molecule has 0 bridgehead atoms. The number of ether oxygens (including phenoxy) is 1. The number of amides is 1. The smallest absolute Gasteiger partial charge is 0.345 e. The molecule has 4 aromatic rings. The maximum Gasteiger partial charge on any atom is 0.345 e. The number of nitrogens with zero attached hydrogens (tertiary/aromatic N) is 4. The van der Waals surface area contributed by atoms with E-state index in [0.29, 0.717) is 17.9 Å². The van der Waals surface area contributed by atoms with Crippen LogP contribution in [0.1, 0.15) is 15.9 Å². The highest BCUT2D eigenvalue weighted by atomic mass is 16.5. The van der Waals surface area contributed by atoms with Gasteiger partial charge in [0.15, 0.2) is 0 Å². The first-order chi connectivity index (χ1) is 13.8. The van der Waals surface area contributed by atoms with E-state index in [4.69, 9.17) is 4.74 Å². The summed E-state index contributed by atoms with van der Waals surface area (Å²) in [4.78, 5) is 12.7. The third-order valence-corrected chi connectivity index (χ3v) is 4.07. The molecule has 1 N–H and O–H groups in total. The van der Waals surface area contributed by atoms with Gasteiger partial charge in [0.05, 0.1) is 11.3 Å². The Labute approximate surface area is 161 Å². The molecule has 0 aliphatic heterocycles. The Kier molecular flexibility index (Phi) is 5.06. The molecule has 0 saturated carbocycles. The van der Waals surface area contributed by atoms with Crippen molar-refractivity contribution < 1.29 is 9.53 Å². The summed E-state index contributed by atoms with van der Waals surface area (Å²) >= 11 is 0. The second kappa shape index (κ2) is 8.13. The molecule has 0 atom stereocenters. The summed E-state index contributed by atoms with van der Waals surface area (Å²) in [5.41, 5.74) is 2.18. The predicted molar refractivity (Wildman–Crippen MR) is 103 cm³/mol. The van der Waals surface area contributed by atoms with E-state index in [1.807, 2.05) is 60.7 Å². The van der Waals surface area contributed by atoms with Crippen LogP contribution in [0, 0.1) is 0 Å². The fourth-order valence-corrected chi connectivity index (χ4v) is 2.69. The molecule has 4 rings (SSSR count). The van der Waals surface area contributed by atoms with Crippen molar-refractivity contribution in [1.29, 1.82) is 0 Å². The van der Waals surface area contributed by atoms with E-state index in [2.05, 4.69) is 20.8 Å². The summed E-state index contributed by atoms with van der Waals surface area (Å²) in [5.74, 6) is 0.137. The molecule has 0 unspecified atom stereocenters. The van der Waals surface area contributed by atoms with E-state index >= 15 is 0 Å². The standard InChI is InChI=1S/C21H17N5O2/c27-20(22-15-16-9-3-1-4-10-16)18-13-7-8-14-19(18)28-21-23-24-25-26(21)17-11-5-2-6-12-17/h1-14H,15H2,(H,22,27). The zero-order chi connectivity index (χ0) is 19.2. The third-order valence-electron chi connectivity index (χ3n) is 4.07.